The summed E-state index contributed by atoms with van der Waals surface area (Å²) < 4.78 is 1.08. The molecule has 2 aromatic rings. The zero-order chi connectivity index (χ0) is 15.7. The fourth-order valence-electron chi connectivity index (χ4n) is 2.21. The molecule has 0 spiro atoms. The number of carboxylic acid groups (broad SMARTS) is 1. The van der Waals surface area contributed by atoms with Gasteiger partial charge in [-0.05, 0) is 11.6 Å². The summed E-state index contributed by atoms with van der Waals surface area (Å²) in [5.74, 6) is -0.834. The Labute approximate surface area is 129 Å². The van der Waals surface area contributed by atoms with Crippen LogP contribution >= 0.6 is 11.8 Å². The lowest BCUT2D eigenvalue weighted by molar-refractivity contribution is -0.132. The summed E-state index contributed by atoms with van der Waals surface area (Å²) in [6.07, 6.45) is 1.34. The molecule has 0 radical (unpaired) electrons. The minimum atomic E-state index is -1.06. The van der Waals surface area contributed by atoms with Gasteiger partial charge in [0.2, 0.25) is 0 Å². The van der Waals surface area contributed by atoms with E-state index in [4.69, 9.17) is 5.11 Å². The molecule has 0 amide bonds. The highest BCUT2D eigenvalue weighted by Crippen LogP contribution is 2.27. The predicted molar refractivity (Wildman–Crippen MR) is 83.2 cm³/mol. The fraction of sp³-hybridized carbons (Fsp3) is 0.133. The van der Waals surface area contributed by atoms with Gasteiger partial charge in [0, 0.05) is 11.3 Å². The van der Waals surface area contributed by atoms with Gasteiger partial charge in [-0.15, -0.1) is 11.8 Å². The monoisotopic (exact) mass is 316 g/mol. The summed E-state index contributed by atoms with van der Waals surface area (Å²) in [6, 6.07) is 9.13. The third-order valence-corrected chi connectivity index (χ3v) is 4.40. The standard InChI is InChI=1S/C15H12N2O4S/c18-13-11-6-10(14(19)20)8-22-12(11)16-15(21)17(13)7-9-4-2-1-3-5-9/h1-6H,7-8H2,(H,16,21)(H,19,20). The largest absolute Gasteiger partial charge is 0.478 e. The van der Waals surface area contributed by atoms with E-state index in [0.29, 0.717) is 5.03 Å². The summed E-state index contributed by atoms with van der Waals surface area (Å²) in [4.78, 5) is 38.3. The number of aromatic nitrogens is 2. The number of hydrogen-bond acceptors (Lipinski definition) is 4. The van der Waals surface area contributed by atoms with Gasteiger partial charge in [0.1, 0.15) is 0 Å². The lowest BCUT2D eigenvalue weighted by Crippen LogP contribution is -2.38. The van der Waals surface area contributed by atoms with Gasteiger partial charge in [-0.2, -0.15) is 0 Å². The van der Waals surface area contributed by atoms with E-state index in [2.05, 4.69) is 4.98 Å². The number of nitrogens with zero attached hydrogens (tertiary/aromatic N) is 1. The van der Waals surface area contributed by atoms with Crippen LogP contribution in [0, 0.1) is 0 Å². The Bertz CT molecular complexity index is 881. The number of benzene rings is 1. The molecule has 0 unspecified atom stereocenters. The number of nitrogens with one attached hydrogen (secondary N) is 1. The maximum atomic E-state index is 12.5. The molecular formula is C15H12N2O4S. The Morgan fingerprint density at radius 2 is 2.00 bits per heavy atom. The summed E-state index contributed by atoms with van der Waals surface area (Å²) in [6.45, 7) is 0.142. The van der Waals surface area contributed by atoms with E-state index in [1.165, 1.54) is 6.08 Å². The molecule has 0 bridgehead atoms. The molecule has 0 saturated heterocycles. The SMILES string of the molecule is O=C(O)C1=Cc2c([nH]c(=O)n(Cc3ccccc3)c2=O)SC1. The number of rotatable bonds is 3. The third kappa shape index (κ3) is 2.62. The third-order valence-electron chi connectivity index (χ3n) is 3.33. The predicted octanol–water partition coefficient (Wildman–Crippen LogP) is 1.16. The van der Waals surface area contributed by atoms with E-state index in [9.17, 15) is 14.4 Å². The van der Waals surface area contributed by atoms with Crippen molar-refractivity contribution in [2.75, 3.05) is 5.75 Å². The average Bonchev–Trinajstić information content (AvgIpc) is 2.52. The number of aliphatic carboxylic acids is 1. The molecule has 0 saturated carbocycles. The molecule has 2 heterocycles. The fourth-order valence-corrected chi connectivity index (χ4v) is 3.17. The van der Waals surface area contributed by atoms with Crippen molar-refractivity contribution in [3.8, 4) is 0 Å². The molecule has 112 valence electrons. The minimum absolute atomic E-state index is 0.142. The second-order valence-corrected chi connectivity index (χ2v) is 5.80. The van der Waals surface area contributed by atoms with Crippen molar-refractivity contribution in [1.82, 2.24) is 9.55 Å². The van der Waals surface area contributed by atoms with E-state index < -0.39 is 17.2 Å². The first-order chi connectivity index (χ1) is 10.6. The second kappa shape index (κ2) is 5.69. The van der Waals surface area contributed by atoms with Gasteiger partial charge in [0.25, 0.3) is 5.56 Å². The van der Waals surface area contributed by atoms with Crippen LogP contribution in [0.2, 0.25) is 0 Å². The highest BCUT2D eigenvalue weighted by atomic mass is 32.2. The topological polar surface area (TPSA) is 92.2 Å². The Kier molecular flexibility index (Phi) is 3.72. The lowest BCUT2D eigenvalue weighted by atomic mass is 10.2. The summed E-state index contributed by atoms with van der Waals surface area (Å²) in [5, 5.41) is 9.47. The van der Waals surface area contributed by atoms with E-state index in [-0.39, 0.29) is 23.4 Å². The average molecular weight is 316 g/mol. The van der Waals surface area contributed by atoms with Crippen LogP contribution in [0.1, 0.15) is 11.1 Å². The Hall–Kier alpha value is -2.54. The van der Waals surface area contributed by atoms with E-state index in [1.54, 1.807) is 0 Å². The summed E-state index contributed by atoms with van der Waals surface area (Å²) in [7, 11) is 0. The maximum Gasteiger partial charge on any atom is 0.332 e. The first-order valence-electron chi connectivity index (χ1n) is 6.54. The van der Waals surface area contributed by atoms with E-state index in [1.807, 2.05) is 30.3 Å². The molecule has 1 aliphatic rings. The highest BCUT2D eigenvalue weighted by Gasteiger charge is 2.21. The van der Waals surface area contributed by atoms with Crippen molar-refractivity contribution in [3.63, 3.8) is 0 Å². The van der Waals surface area contributed by atoms with Gasteiger partial charge in [0.15, 0.2) is 0 Å². The molecular weight excluding hydrogens is 304 g/mol. The van der Waals surface area contributed by atoms with Crippen molar-refractivity contribution in [2.24, 2.45) is 0 Å². The molecule has 2 N–H and O–H groups in total. The van der Waals surface area contributed by atoms with E-state index in [0.717, 1.165) is 21.9 Å². The van der Waals surface area contributed by atoms with Gasteiger partial charge >= 0.3 is 11.7 Å². The minimum Gasteiger partial charge on any atom is -0.478 e. The quantitative estimate of drug-likeness (QED) is 0.829. The van der Waals surface area contributed by atoms with Crippen LogP contribution in [0.25, 0.3) is 6.08 Å². The zero-order valence-corrected chi connectivity index (χ0v) is 12.2. The molecule has 0 aliphatic carbocycles. The second-order valence-electron chi connectivity index (χ2n) is 4.81. The van der Waals surface area contributed by atoms with Crippen LogP contribution < -0.4 is 11.2 Å². The Morgan fingerprint density at radius 1 is 1.27 bits per heavy atom. The van der Waals surface area contributed by atoms with Crippen LogP contribution in [-0.4, -0.2) is 26.4 Å². The number of thioether (sulfide) groups is 1. The number of carbonyl (C=O) groups is 1. The normalized spacial score (nSPS) is 13.4. The molecule has 0 fully saturated rings. The smallest absolute Gasteiger partial charge is 0.332 e. The maximum absolute atomic E-state index is 12.5. The highest BCUT2D eigenvalue weighted by molar-refractivity contribution is 7.99. The van der Waals surface area contributed by atoms with E-state index >= 15 is 0 Å². The number of H-pyrrole nitrogens is 1. The van der Waals surface area contributed by atoms with Crippen LogP contribution in [0.4, 0.5) is 0 Å². The molecule has 1 aliphatic heterocycles. The van der Waals surface area contributed by atoms with Crippen molar-refractivity contribution < 1.29 is 9.90 Å². The number of hydrogen-bond donors (Lipinski definition) is 2. The van der Waals surface area contributed by atoms with Crippen LogP contribution in [0.5, 0.6) is 0 Å². The van der Waals surface area contributed by atoms with Crippen molar-refractivity contribution in [2.45, 2.75) is 11.6 Å². The van der Waals surface area contributed by atoms with Crippen molar-refractivity contribution in [1.29, 1.82) is 0 Å². The van der Waals surface area contributed by atoms with Gasteiger partial charge in [0.05, 0.1) is 17.1 Å². The zero-order valence-electron chi connectivity index (χ0n) is 11.4. The molecule has 3 rings (SSSR count). The molecule has 0 atom stereocenters. The van der Waals surface area contributed by atoms with Gasteiger partial charge in [-0.1, -0.05) is 30.3 Å². The van der Waals surface area contributed by atoms with Crippen molar-refractivity contribution in [3.05, 3.63) is 67.9 Å². The number of aromatic amines is 1. The summed E-state index contributed by atoms with van der Waals surface area (Å²) >= 11 is 1.15. The molecule has 22 heavy (non-hydrogen) atoms. The molecule has 1 aromatic carbocycles. The molecule has 7 heteroatoms. The first kappa shape index (κ1) is 14.4. The lowest BCUT2D eigenvalue weighted by Gasteiger charge is -2.14. The first-order valence-corrected chi connectivity index (χ1v) is 7.52. The molecule has 1 aromatic heterocycles. The van der Waals surface area contributed by atoms with Crippen LogP contribution in [0.15, 0.2) is 50.5 Å². The molecule has 6 nitrogen and oxygen atoms in total. The van der Waals surface area contributed by atoms with Gasteiger partial charge in [-0.3, -0.25) is 9.36 Å². The van der Waals surface area contributed by atoms with Gasteiger partial charge in [-0.25, -0.2) is 9.59 Å². The van der Waals surface area contributed by atoms with Crippen LogP contribution in [-0.2, 0) is 11.3 Å². The Balaban J connectivity index is 2.11. The number of fused-ring (bicyclic) bond motifs is 1. The number of carboxylic acids is 1. The Morgan fingerprint density at radius 3 is 2.68 bits per heavy atom. The summed E-state index contributed by atoms with van der Waals surface area (Å²) in [5.41, 5.74) is 0.221. The van der Waals surface area contributed by atoms with Crippen molar-refractivity contribution >= 4 is 23.8 Å². The van der Waals surface area contributed by atoms with Crippen LogP contribution in [0.3, 0.4) is 0 Å². The van der Waals surface area contributed by atoms with Gasteiger partial charge < -0.3 is 10.1 Å².